The highest BCUT2D eigenvalue weighted by molar-refractivity contribution is 5.77. The van der Waals surface area contributed by atoms with Crippen LogP contribution in [0.5, 0.6) is 5.75 Å². The maximum absolute atomic E-state index is 12.8. The quantitative estimate of drug-likeness (QED) is 0.840. The number of ether oxygens (including phenoxy) is 1. The van der Waals surface area contributed by atoms with E-state index in [1.165, 1.54) is 12.1 Å². The van der Waals surface area contributed by atoms with Gasteiger partial charge in [0.15, 0.2) is 0 Å². The Morgan fingerprint density at radius 1 is 1.38 bits per heavy atom. The van der Waals surface area contributed by atoms with Crippen LogP contribution in [0.2, 0.25) is 0 Å². The first kappa shape index (κ1) is 15.8. The molecule has 0 saturated carbocycles. The van der Waals surface area contributed by atoms with Crippen molar-refractivity contribution in [2.24, 2.45) is 0 Å². The van der Waals surface area contributed by atoms with E-state index in [0.717, 1.165) is 32.2 Å². The second kappa shape index (κ2) is 7.98. The lowest BCUT2D eigenvalue weighted by molar-refractivity contribution is -0.132. The number of carbonyl (C=O) groups excluding carboxylic acids is 1. The molecule has 0 radical (unpaired) electrons. The van der Waals surface area contributed by atoms with Crippen LogP contribution in [0.15, 0.2) is 24.3 Å². The minimum Gasteiger partial charge on any atom is -0.493 e. The fourth-order valence-electron chi connectivity index (χ4n) is 2.72. The highest BCUT2D eigenvalue weighted by Gasteiger charge is 2.27. The van der Waals surface area contributed by atoms with E-state index in [0.29, 0.717) is 18.8 Å². The van der Waals surface area contributed by atoms with Crippen LogP contribution in [0.1, 0.15) is 32.1 Å². The van der Waals surface area contributed by atoms with Gasteiger partial charge in [0.05, 0.1) is 13.0 Å². The molecule has 21 heavy (non-hydrogen) atoms. The van der Waals surface area contributed by atoms with E-state index in [2.05, 4.69) is 0 Å². The van der Waals surface area contributed by atoms with Gasteiger partial charge in [0.25, 0.3) is 0 Å². The Bertz CT molecular complexity index is 449. The Hall–Kier alpha value is -1.62. The lowest BCUT2D eigenvalue weighted by atomic mass is 10.1. The van der Waals surface area contributed by atoms with E-state index in [1.54, 1.807) is 12.1 Å². The third-order valence-corrected chi connectivity index (χ3v) is 3.79. The van der Waals surface area contributed by atoms with Crippen molar-refractivity contribution in [3.63, 3.8) is 0 Å². The molecule has 1 aromatic carbocycles. The normalized spacial score (nSPS) is 18.0. The maximum Gasteiger partial charge on any atom is 0.226 e. The van der Waals surface area contributed by atoms with Gasteiger partial charge in [0, 0.05) is 19.2 Å². The van der Waals surface area contributed by atoms with E-state index in [4.69, 9.17) is 9.84 Å². The molecule has 1 aliphatic rings. The van der Waals surface area contributed by atoms with Crippen molar-refractivity contribution in [1.29, 1.82) is 0 Å². The van der Waals surface area contributed by atoms with Gasteiger partial charge in [-0.3, -0.25) is 4.79 Å². The first-order valence-corrected chi connectivity index (χ1v) is 7.49. The van der Waals surface area contributed by atoms with Crippen LogP contribution >= 0.6 is 0 Å². The van der Waals surface area contributed by atoms with E-state index in [-0.39, 0.29) is 24.4 Å². The SMILES string of the molecule is O=C(CCOc1ccc(F)cc1)N1CCCC1CCCO. The number of hydrogen-bond donors (Lipinski definition) is 1. The number of aliphatic hydroxyl groups is 1. The van der Waals surface area contributed by atoms with Gasteiger partial charge in [-0.25, -0.2) is 4.39 Å². The Labute approximate surface area is 124 Å². The van der Waals surface area contributed by atoms with Gasteiger partial charge >= 0.3 is 0 Å². The van der Waals surface area contributed by atoms with Crippen molar-refractivity contribution in [1.82, 2.24) is 4.90 Å². The molecule has 1 atom stereocenters. The molecule has 4 nitrogen and oxygen atoms in total. The topological polar surface area (TPSA) is 49.8 Å². The summed E-state index contributed by atoms with van der Waals surface area (Å²) in [6.45, 7) is 1.27. The van der Waals surface area contributed by atoms with Gasteiger partial charge in [0.1, 0.15) is 11.6 Å². The molecule has 1 fully saturated rings. The van der Waals surface area contributed by atoms with Gasteiger partial charge in [-0.2, -0.15) is 0 Å². The summed E-state index contributed by atoms with van der Waals surface area (Å²) in [5.41, 5.74) is 0. The summed E-state index contributed by atoms with van der Waals surface area (Å²) in [6, 6.07) is 6.04. The fraction of sp³-hybridized carbons (Fsp3) is 0.562. The molecule has 1 unspecified atom stereocenters. The maximum atomic E-state index is 12.8. The predicted molar refractivity (Wildman–Crippen MR) is 77.6 cm³/mol. The van der Waals surface area contributed by atoms with Crippen LogP contribution in [0.25, 0.3) is 0 Å². The average molecular weight is 295 g/mol. The smallest absolute Gasteiger partial charge is 0.226 e. The summed E-state index contributed by atoms with van der Waals surface area (Å²) < 4.78 is 18.2. The molecule has 0 bridgehead atoms. The van der Waals surface area contributed by atoms with E-state index in [1.807, 2.05) is 4.90 Å². The summed E-state index contributed by atoms with van der Waals surface area (Å²) in [5, 5.41) is 8.89. The van der Waals surface area contributed by atoms with Crippen LogP contribution in [0.4, 0.5) is 4.39 Å². The monoisotopic (exact) mass is 295 g/mol. The minimum absolute atomic E-state index is 0.0950. The Balaban J connectivity index is 1.74. The van der Waals surface area contributed by atoms with E-state index in [9.17, 15) is 9.18 Å². The van der Waals surface area contributed by atoms with Gasteiger partial charge < -0.3 is 14.7 Å². The second-order valence-electron chi connectivity index (χ2n) is 5.30. The van der Waals surface area contributed by atoms with Crippen LogP contribution in [0.3, 0.4) is 0 Å². The minimum atomic E-state index is -0.304. The number of rotatable bonds is 7. The lowest BCUT2D eigenvalue weighted by Gasteiger charge is -2.24. The van der Waals surface area contributed by atoms with Crippen molar-refractivity contribution in [2.45, 2.75) is 38.1 Å². The Morgan fingerprint density at radius 3 is 2.86 bits per heavy atom. The summed E-state index contributed by atoms with van der Waals surface area (Å²) in [4.78, 5) is 14.1. The van der Waals surface area contributed by atoms with Crippen LogP contribution < -0.4 is 4.74 Å². The zero-order valence-corrected chi connectivity index (χ0v) is 12.1. The highest BCUT2D eigenvalue weighted by Crippen LogP contribution is 2.22. The van der Waals surface area contributed by atoms with Gasteiger partial charge in [-0.15, -0.1) is 0 Å². The van der Waals surface area contributed by atoms with Crippen LogP contribution in [0, 0.1) is 5.82 Å². The molecule has 1 aliphatic heterocycles. The van der Waals surface area contributed by atoms with E-state index < -0.39 is 0 Å². The van der Waals surface area contributed by atoms with Gasteiger partial charge in [-0.1, -0.05) is 0 Å². The molecule has 2 rings (SSSR count). The largest absolute Gasteiger partial charge is 0.493 e. The second-order valence-corrected chi connectivity index (χ2v) is 5.30. The average Bonchev–Trinajstić information content (AvgIpc) is 2.95. The number of benzene rings is 1. The van der Waals surface area contributed by atoms with Gasteiger partial charge in [0.2, 0.25) is 5.91 Å². The van der Waals surface area contributed by atoms with Gasteiger partial charge in [-0.05, 0) is 49.9 Å². The molecule has 5 heteroatoms. The first-order chi connectivity index (χ1) is 10.2. The van der Waals surface area contributed by atoms with Crippen molar-refractivity contribution in [3.05, 3.63) is 30.1 Å². The number of likely N-dealkylation sites (tertiary alicyclic amines) is 1. The Kier molecular flexibility index (Phi) is 5.99. The standard InChI is InChI=1S/C16H22FNO3/c17-13-5-7-15(8-6-13)21-12-9-16(20)18-10-1-3-14(18)4-2-11-19/h5-8,14,19H,1-4,9-12H2. The van der Waals surface area contributed by atoms with Crippen molar-refractivity contribution in [3.8, 4) is 5.75 Å². The number of amides is 1. The third-order valence-electron chi connectivity index (χ3n) is 3.79. The molecule has 1 N–H and O–H groups in total. The number of nitrogens with zero attached hydrogens (tertiary/aromatic N) is 1. The van der Waals surface area contributed by atoms with Crippen molar-refractivity contribution < 1.29 is 19.0 Å². The molecule has 116 valence electrons. The van der Waals surface area contributed by atoms with Crippen molar-refractivity contribution >= 4 is 5.91 Å². The number of hydrogen-bond acceptors (Lipinski definition) is 3. The third kappa shape index (κ3) is 4.70. The molecule has 1 saturated heterocycles. The molecule has 1 heterocycles. The van der Waals surface area contributed by atoms with E-state index >= 15 is 0 Å². The number of halogens is 1. The number of carbonyl (C=O) groups is 1. The Morgan fingerprint density at radius 2 is 2.14 bits per heavy atom. The molecular weight excluding hydrogens is 273 g/mol. The molecule has 1 amide bonds. The molecule has 0 aliphatic carbocycles. The molecule has 1 aromatic rings. The summed E-state index contributed by atoms with van der Waals surface area (Å²) in [5.74, 6) is 0.363. The molecular formula is C16H22FNO3. The summed E-state index contributed by atoms with van der Waals surface area (Å²) in [7, 11) is 0. The first-order valence-electron chi connectivity index (χ1n) is 7.49. The van der Waals surface area contributed by atoms with Crippen molar-refractivity contribution in [2.75, 3.05) is 19.8 Å². The highest BCUT2D eigenvalue weighted by atomic mass is 19.1. The fourth-order valence-corrected chi connectivity index (χ4v) is 2.72. The lowest BCUT2D eigenvalue weighted by Crippen LogP contribution is -2.36. The molecule has 0 spiro atoms. The predicted octanol–water partition coefficient (Wildman–Crippen LogP) is 2.36. The van der Waals surface area contributed by atoms with Crippen LogP contribution in [-0.2, 0) is 4.79 Å². The zero-order valence-electron chi connectivity index (χ0n) is 12.1. The van der Waals surface area contributed by atoms with Crippen LogP contribution in [-0.4, -0.2) is 41.7 Å². The zero-order chi connectivity index (χ0) is 15.1. The summed E-state index contributed by atoms with van der Waals surface area (Å²) in [6.07, 6.45) is 3.97. The summed E-state index contributed by atoms with van der Waals surface area (Å²) >= 11 is 0. The number of aliphatic hydroxyl groups excluding tert-OH is 1. The molecule has 0 aromatic heterocycles.